The fourth-order valence-corrected chi connectivity index (χ4v) is 2.48. The van der Waals surface area contributed by atoms with E-state index in [0.717, 1.165) is 31.7 Å². The molecule has 19 heavy (non-hydrogen) atoms. The first-order valence-corrected chi connectivity index (χ1v) is 7.03. The van der Waals surface area contributed by atoms with E-state index in [9.17, 15) is 0 Å². The molecule has 0 spiro atoms. The molecule has 0 unspecified atom stereocenters. The van der Waals surface area contributed by atoms with E-state index in [1.165, 1.54) is 0 Å². The van der Waals surface area contributed by atoms with E-state index in [1.807, 2.05) is 19.9 Å². The Balaban J connectivity index is 1.87. The van der Waals surface area contributed by atoms with Crippen molar-refractivity contribution in [2.24, 2.45) is 5.92 Å². The number of piperidine rings is 1. The molecule has 1 saturated heterocycles. The van der Waals surface area contributed by atoms with Crippen LogP contribution in [0.15, 0.2) is 12.1 Å². The van der Waals surface area contributed by atoms with Gasteiger partial charge in [0.15, 0.2) is 12.1 Å². The summed E-state index contributed by atoms with van der Waals surface area (Å²) in [7, 11) is 0. The zero-order valence-corrected chi connectivity index (χ0v) is 11.7. The van der Waals surface area contributed by atoms with Crippen LogP contribution in [0, 0.1) is 12.1 Å². The van der Waals surface area contributed by atoms with Gasteiger partial charge in [0.25, 0.3) is 0 Å². The zero-order chi connectivity index (χ0) is 13.5. The lowest BCUT2D eigenvalue weighted by molar-refractivity contribution is -0.170. The molecule has 1 aromatic heterocycles. The molecule has 2 heterocycles. The maximum Gasteiger partial charge on any atom is 0.160 e. The first-order valence-electron chi connectivity index (χ1n) is 7.03. The molecule has 5 nitrogen and oxygen atoms in total. The Bertz CT molecular complexity index is 347. The molecule has 105 valence electrons. The summed E-state index contributed by atoms with van der Waals surface area (Å²) >= 11 is 0. The largest absolute Gasteiger partial charge is 0.355 e. The molecule has 0 bridgehead atoms. The van der Waals surface area contributed by atoms with Crippen LogP contribution < -0.4 is 4.90 Å². The zero-order valence-electron chi connectivity index (χ0n) is 11.7. The summed E-state index contributed by atoms with van der Waals surface area (Å²) < 4.78 is 11.4. The molecule has 0 saturated carbocycles. The summed E-state index contributed by atoms with van der Waals surface area (Å²) in [6.07, 6.45) is 4.76. The molecule has 1 aliphatic rings. The van der Waals surface area contributed by atoms with Crippen LogP contribution in [0.3, 0.4) is 0 Å². The summed E-state index contributed by atoms with van der Waals surface area (Å²) in [6, 6.07) is 3.76. The minimum Gasteiger partial charge on any atom is -0.355 e. The smallest absolute Gasteiger partial charge is 0.160 e. The summed E-state index contributed by atoms with van der Waals surface area (Å²) in [5.74, 6) is 1.40. The van der Waals surface area contributed by atoms with Crippen LogP contribution in [-0.4, -0.2) is 42.8 Å². The minimum atomic E-state index is -0.0626. The standard InChI is InChI=1S/C14H22N3O2/c1-3-18-14(19-4-2)12-7-10-17(11-8-12)13-6-5-9-15-16-13/h5-6,12,14H,3-4,7-8,10-11H2,1-2H3. The number of ether oxygens (including phenoxy) is 2. The van der Waals surface area contributed by atoms with Gasteiger partial charge in [-0.1, -0.05) is 0 Å². The van der Waals surface area contributed by atoms with Gasteiger partial charge in [-0.15, -0.1) is 10.2 Å². The minimum absolute atomic E-state index is 0.0626. The van der Waals surface area contributed by atoms with Gasteiger partial charge in [0, 0.05) is 32.2 Å². The first-order chi connectivity index (χ1) is 9.35. The summed E-state index contributed by atoms with van der Waals surface area (Å²) in [5.41, 5.74) is 0. The number of anilines is 1. The quantitative estimate of drug-likeness (QED) is 0.734. The molecule has 0 N–H and O–H groups in total. The maximum absolute atomic E-state index is 5.69. The van der Waals surface area contributed by atoms with Gasteiger partial charge >= 0.3 is 0 Å². The van der Waals surface area contributed by atoms with Crippen LogP contribution in [0.4, 0.5) is 5.82 Å². The molecular formula is C14H22N3O2. The van der Waals surface area contributed by atoms with Crippen LogP contribution in [0.5, 0.6) is 0 Å². The molecule has 1 radical (unpaired) electrons. The predicted molar refractivity (Wildman–Crippen MR) is 72.8 cm³/mol. The Morgan fingerprint density at radius 1 is 1.32 bits per heavy atom. The fraction of sp³-hybridized carbons (Fsp3) is 0.714. The van der Waals surface area contributed by atoms with Crippen molar-refractivity contribution >= 4 is 5.82 Å². The highest BCUT2D eigenvalue weighted by Gasteiger charge is 2.27. The number of rotatable bonds is 6. The van der Waals surface area contributed by atoms with Crippen LogP contribution in [0.2, 0.25) is 0 Å². The van der Waals surface area contributed by atoms with Crippen molar-refractivity contribution in [2.75, 3.05) is 31.2 Å². The molecule has 2 rings (SSSR count). The molecule has 1 fully saturated rings. The summed E-state index contributed by atoms with van der Waals surface area (Å²) in [6.45, 7) is 7.37. The van der Waals surface area contributed by atoms with Crippen molar-refractivity contribution < 1.29 is 9.47 Å². The van der Waals surface area contributed by atoms with E-state index in [2.05, 4.69) is 21.3 Å². The summed E-state index contributed by atoms with van der Waals surface area (Å²) in [5, 5.41) is 7.91. The number of aromatic nitrogens is 2. The van der Waals surface area contributed by atoms with Crippen molar-refractivity contribution in [3.63, 3.8) is 0 Å². The highest BCUT2D eigenvalue weighted by Crippen LogP contribution is 2.25. The van der Waals surface area contributed by atoms with Gasteiger partial charge < -0.3 is 14.4 Å². The fourth-order valence-electron chi connectivity index (χ4n) is 2.48. The van der Waals surface area contributed by atoms with Crippen molar-refractivity contribution in [3.8, 4) is 0 Å². The van der Waals surface area contributed by atoms with E-state index >= 15 is 0 Å². The van der Waals surface area contributed by atoms with Gasteiger partial charge in [-0.25, -0.2) is 0 Å². The highest BCUT2D eigenvalue weighted by atomic mass is 16.7. The average Bonchev–Trinajstić information content (AvgIpc) is 2.48. The van der Waals surface area contributed by atoms with E-state index < -0.39 is 0 Å². The van der Waals surface area contributed by atoms with Gasteiger partial charge in [0.1, 0.15) is 6.20 Å². The third-order valence-corrected chi connectivity index (χ3v) is 3.43. The molecule has 0 aromatic carbocycles. The van der Waals surface area contributed by atoms with E-state index in [-0.39, 0.29) is 6.29 Å². The van der Waals surface area contributed by atoms with Crippen LogP contribution in [0.25, 0.3) is 0 Å². The van der Waals surface area contributed by atoms with E-state index in [4.69, 9.17) is 9.47 Å². The maximum atomic E-state index is 5.69. The number of hydrogen-bond donors (Lipinski definition) is 0. The second kappa shape index (κ2) is 7.40. The van der Waals surface area contributed by atoms with Crippen molar-refractivity contribution in [1.82, 2.24) is 10.2 Å². The highest BCUT2D eigenvalue weighted by molar-refractivity contribution is 5.36. The second-order valence-electron chi connectivity index (χ2n) is 4.62. The molecule has 0 amide bonds. The van der Waals surface area contributed by atoms with Crippen LogP contribution >= 0.6 is 0 Å². The lowest BCUT2D eigenvalue weighted by atomic mass is 9.96. The Morgan fingerprint density at radius 3 is 2.53 bits per heavy atom. The molecule has 0 atom stereocenters. The Morgan fingerprint density at radius 2 is 2.00 bits per heavy atom. The third-order valence-electron chi connectivity index (χ3n) is 3.43. The summed E-state index contributed by atoms with van der Waals surface area (Å²) in [4.78, 5) is 2.26. The molecule has 1 aromatic rings. The van der Waals surface area contributed by atoms with Crippen molar-refractivity contribution in [3.05, 3.63) is 18.3 Å². The van der Waals surface area contributed by atoms with Gasteiger partial charge in [0.2, 0.25) is 0 Å². The SMILES string of the molecule is CCOC(OCC)C1CCN(c2cc[c]nn2)CC1. The van der Waals surface area contributed by atoms with Crippen LogP contribution in [-0.2, 0) is 9.47 Å². The Labute approximate surface area is 114 Å². The van der Waals surface area contributed by atoms with Crippen LogP contribution in [0.1, 0.15) is 26.7 Å². The topological polar surface area (TPSA) is 47.5 Å². The van der Waals surface area contributed by atoms with E-state index in [0.29, 0.717) is 19.1 Å². The van der Waals surface area contributed by atoms with Gasteiger partial charge in [-0.3, -0.25) is 0 Å². The third kappa shape index (κ3) is 3.88. The second-order valence-corrected chi connectivity index (χ2v) is 4.62. The van der Waals surface area contributed by atoms with E-state index in [1.54, 1.807) is 6.07 Å². The van der Waals surface area contributed by atoms with Crippen molar-refractivity contribution in [2.45, 2.75) is 33.0 Å². The monoisotopic (exact) mass is 264 g/mol. The van der Waals surface area contributed by atoms with Gasteiger partial charge in [-0.05, 0) is 38.8 Å². The molecular weight excluding hydrogens is 242 g/mol. The number of nitrogens with zero attached hydrogens (tertiary/aromatic N) is 3. The molecule has 1 aliphatic heterocycles. The predicted octanol–water partition coefficient (Wildman–Crippen LogP) is 1.89. The lowest BCUT2D eigenvalue weighted by Crippen LogP contribution is -2.40. The van der Waals surface area contributed by atoms with Gasteiger partial charge in [0.05, 0.1) is 0 Å². The average molecular weight is 264 g/mol. The molecule has 0 aliphatic carbocycles. The normalized spacial score (nSPS) is 17.1. The Kier molecular flexibility index (Phi) is 5.54. The number of hydrogen-bond acceptors (Lipinski definition) is 5. The first kappa shape index (κ1) is 14.2. The van der Waals surface area contributed by atoms with Gasteiger partial charge in [-0.2, -0.15) is 0 Å². The molecule has 5 heteroatoms. The Hall–Kier alpha value is -1.20. The lowest BCUT2D eigenvalue weighted by Gasteiger charge is -2.35. The van der Waals surface area contributed by atoms with Crippen molar-refractivity contribution in [1.29, 1.82) is 0 Å².